The molecule has 0 heterocycles. The molecule has 62 valence electrons. The van der Waals surface area contributed by atoms with Crippen molar-refractivity contribution in [3.63, 3.8) is 0 Å². The normalized spacial score (nSPS) is 35.4. The molecule has 2 heteroatoms. The molecule has 0 aromatic heterocycles. The molecule has 2 nitrogen and oxygen atoms in total. The summed E-state index contributed by atoms with van der Waals surface area (Å²) in [6.07, 6.45) is 6.68. The van der Waals surface area contributed by atoms with Gasteiger partial charge in [-0.25, -0.2) is 0 Å². The van der Waals surface area contributed by atoms with E-state index in [4.69, 9.17) is 5.73 Å². The Bertz CT molecular complexity index is 182. The first-order chi connectivity index (χ1) is 5.25. The molecular weight excluding hydrogens is 138 g/mol. The van der Waals surface area contributed by atoms with Crippen LogP contribution in [0.1, 0.15) is 38.5 Å². The third-order valence-electron chi connectivity index (χ3n) is 3.35. The molecule has 0 radical (unpaired) electrons. The molecule has 0 saturated heterocycles. The molecule has 2 aliphatic rings. The summed E-state index contributed by atoms with van der Waals surface area (Å²) in [6.45, 7) is 0. The quantitative estimate of drug-likeness (QED) is 0.569. The Morgan fingerprint density at radius 3 is 2.36 bits per heavy atom. The number of nitrogens with two attached hydrogens (primary N) is 1. The fourth-order valence-electron chi connectivity index (χ4n) is 2.63. The van der Waals surface area contributed by atoms with Crippen molar-refractivity contribution in [2.24, 2.45) is 11.1 Å². The number of carbonyl (C=O) groups excluding carboxylic acids is 1. The zero-order chi connectivity index (χ0) is 7.90. The molecule has 1 atom stereocenters. The van der Waals surface area contributed by atoms with Gasteiger partial charge in [0, 0.05) is 5.41 Å². The Labute approximate surface area is 67.1 Å². The van der Waals surface area contributed by atoms with Crippen LogP contribution in [0.25, 0.3) is 0 Å². The van der Waals surface area contributed by atoms with Crippen LogP contribution in [-0.4, -0.2) is 11.8 Å². The lowest BCUT2D eigenvalue weighted by Crippen LogP contribution is -2.33. The first kappa shape index (κ1) is 7.29. The summed E-state index contributed by atoms with van der Waals surface area (Å²) < 4.78 is 0. The van der Waals surface area contributed by atoms with Crippen molar-refractivity contribution < 1.29 is 4.79 Å². The topological polar surface area (TPSA) is 43.1 Å². The second-order valence-electron chi connectivity index (χ2n) is 4.00. The standard InChI is InChI=1S/C9H15NO/c10-7-3-6-9(8(7)11)4-1-2-5-9/h7H,1-6,10H2. The number of Topliss-reactive ketones (excluding diaryl/α,β-unsaturated/α-hetero) is 1. The van der Waals surface area contributed by atoms with Crippen LogP contribution in [-0.2, 0) is 4.79 Å². The summed E-state index contributed by atoms with van der Waals surface area (Å²) >= 11 is 0. The van der Waals surface area contributed by atoms with Crippen molar-refractivity contribution in [2.45, 2.75) is 44.6 Å². The van der Waals surface area contributed by atoms with Crippen LogP contribution in [0.15, 0.2) is 0 Å². The van der Waals surface area contributed by atoms with Gasteiger partial charge < -0.3 is 5.73 Å². The maximum atomic E-state index is 11.6. The number of ketones is 1. The first-order valence-corrected chi connectivity index (χ1v) is 4.55. The Morgan fingerprint density at radius 2 is 1.91 bits per heavy atom. The van der Waals surface area contributed by atoms with Crippen LogP contribution in [0, 0.1) is 5.41 Å². The van der Waals surface area contributed by atoms with Crippen molar-refractivity contribution in [3.05, 3.63) is 0 Å². The van der Waals surface area contributed by atoms with Crippen LogP contribution >= 0.6 is 0 Å². The largest absolute Gasteiger partial charge is 0.321 e. The summed E-state index contributed by atoms with van der Waals surface area (Å²) in [5, 5.41) is 0. The first-order valence-electron chi connectivity index (χ1n) is 4.55. The molecule has 0 amide bonds. The van der Waals surface area contributed by atoms with Gasteiger partial charge in [-0.1, -0.05) is 12.8 Å². The Hall–Kier alpha value is -0.370. The molecule has 2 saturated carbocycles. The van der Waals surface area contributed by atoms with Crippen LogP contribution in [0.5, 0.6) is 0 Å². The molecule has 2 rings (SSSR count). The van der Waals surface area contributed by atoms with Gasteiger partial charge in [0.15, 0.2) is 5.78 Å². The van der Waals surface area contributed by atoms with Crippen LogP contribution in [0.4, 0.5) is 0 Å². The van der Waals surface area contributed by atoms with E-state index in [1.807, 2.05) is 0 Å². The minimum atomic E-state index is -0.131. The van der Waals surface area contributed by atoms with Gasteiger partial charge in [-0.05, 0) is 25.7 Å². The fraction of sp³-hybridized carbons (Fsp3) is 0.889. The molecule has 11 heavy (non-hydrogen) atoms. The van der Waals surface area contributed by atoms with Crippen LogP contribution < -0.4 is 5.73 Å². The van der Waals surface area contributed by atoms with Gasteiger partial charge in [0.05, 0.1) is 6.04 Å². The molecule has 0 aromatic carbocycles. The molecule has 0 aromatic rings. The molecule has 0 bridgehead atoms. The maximum absolute atomic E-state index is 11.6. The highest BCUT2D eigenvalue weighted by Crippen LogP contribution is 2.47. The molecule has 1 spiro atoms. The lowest BCUT2D eigenvalue weighted by molar-refractivity contribution is -0.126. The lowest BCUT2D eigenvalue weighted by Gasteiger charge is -2.19. The summed E-state index contributed by atoms with van der Waals surface area (Å²) in [5.74, 6) is 0.356. The summed E-state index contributed by atoms with van der Waals surface area (Å²) in [4.78, 5) is 11.6. The lowest BCUT2D eigenvalue weighted by atomic mass is 9.83. The van der Waals surface area contributed by atoms with Gasteiger partial charge in [-0.2, -0.15) is 0 Å². The van der Waals surface area contributed by atoms with Gasteiger partial charge in [0.25, 0.3) is 0 Å². The molecule has 2 fully saturated rings. The van der Waals surface area contributed by atoms with Crippen LogP contribution in [0.3, 0.4) is 0 Å². The van der Waals surface area contributed by atoms with Crippen molar-refractivity contribution in [1.82, 2.24) is 0 Å². The van der Waals surface area contributed by atoms with E-state index in [1.54, 1.807) is 0 Å². The average molecular weight is 153 g/mol. The number of rotatable bonds is 0. The molecule has 0 aliphatic heterocycles. The van der Waals surface area contributed by atoms with Gasteiger partial charge in [0.2, 0.25) is 0 Å². The third kappa shape index (κ3) is 0.924. The van der Waals surface area contributed by atoms with Gasteiger partial charge in [-0.3, -0.25) is 4.79 Å². The highest BCUT2D eigenvalue weighted by Gasteiger charge is 2.47. The summed E-state index contributed by atoms with van der Waals surface area (Å²) in [5.41, 5.74) is 5.74. The summed E-state index contributed by atoms with van der Waals surface area (Å²) in [7, 11) is 0. The molecule has 2 aliphatic carbocycles. The molecule has 2 N–H and O–H groups in total. The van der Waals surface area contributed by atoms with Crippen molar-refractivity contribution >= 4 is 5.78 Å². The second-order valence-corrected chi connectivity index (χ2v) is 4.00. The van der Waals surface area contributed by atoms with Crippen molar-refractivity contribution in [1.29, 1.82) is 0 Å². The van der Waals surface area contributed by atoms with E-state index < -0.39 is 0 Å². The van der Waals surface area contributed by atoms with Gasteiger partial charge in [-0.15, -0.1) is 0 Å². The predicted octanol–water partition coefficient (Wildman–Crippen LogP) is 1.24. The zero-order valence-corrected chi connectivity index (χ0v) is 6.81. The number of hydrogen-bond acceptors (Lipinski definition) is 2. The SMILES string of the molecule is NC1CCC2(CCCC2)C1=O. The second kappa shape index (κ2) is 2.31. The number of hydrogen-bond donors (Lipinski definition) is 1. The summed E-state index contributed by atoms with van der Waals surface area (Å²) in [6, 6.07) is -0.131. The average Bonchev–Trinajstić information content (AvgIpc) is 2.56. The van der Waals surface area contributed by atoms with E-state index >= 15 is 0 Å². The van der Waals surface area contributed by atoms with Crippen LogP contribution in [0.2, 0.25) is 0 Å². The monoisotopic (exact) mass is 153 g/mol. The zero-order valence-electron chi connectivity index (χ0n) is 6.81. The minimum absolute atomic E-state index is 0.0550. The third-order valence-corrected chi connectivity index (χ3v) is 3.35. The Balaban J connectivity index is 2.20. The van der Waals surface area contributed by atoms with E-state index in [0.717, 1.165) is 25.7 Å². The predicted molar refractivity (Wildman–Crippen MR) is 43.1 cm³/mol. The van der Waals surface area contributed by atoms with E-state index in [-0.39, 0.29) is 11.5 Å². The highest BCUT2D eigenvalue weighted by molar-refractivity contribution is 5.91. The number of carbonyl (C=O) groups is 1. The maximum Gasteiger partial charge on any atom is 0.155 e. The smallest absolute Gasteiger partial charge is 0.155 e. The minimum Gasteiger partial charge on any atom is -0.321 e. The molecular formula is C9H15NO. The van der Waals surface area contributed by atoms with E-state index in [9.17, 15) is 4.79 Å². The Morgan fingerprint density at radius 1 is 1.27 bits per heavy atom. The Kier molecular flexibility index (Phi) is 1.53. The van der Waals surface area contributed by atoms with Gasteiger partial charge in [0.1, 0.15) is 0 Å². The van der Waals surface area contributed by atoms with Crippen molar-refractivity contribution in [3.8, 4) is 0 Å². The molecule has 1 unspecified atom stereocenters. The van der Waals surface area contributed by atoms with Crippen molar-refractivity contribution in [2.75, 3.05) is 0 Å². The fourth-order valence-corrected chi connectivity index (χ4v) is 2.63. The van der Waals surface area contributed by atoms with E-state index in [2.05, 4.69) is 0 Å². The van der Waals surface area contributed by atoms with Gasteiger partial charge >= 0.3 is 0 Å². The van der Waals surface area contributed by atoms with E-state index in [1.165, 1.54) is 12.8 Å². The van der Waals surface area contributed by atoms with E-state index in [0.29, 0.717) is 5.78 Å². The highest BCUT2D eigenvalue weighted by atomic mass is 16.1.